The fraction of sp³-hybridized carbons (Fsp3) is 0.517. The van der Waals surface area contributed by atoms with E-state index in [1.54, 1.807) is 12.1 Å². The summed E-state index contributed by atoms with van der Waals surface area (Å²) in [5.74, 6) is 0.762. The molecule has 0 saturated carbocycles. The van der Waals surface area contributed by atoms with Crippen molar-refractivity contribution in [3.63, 3.8) is 0 Å². The van der Waals surface area contributed by atoms with Crippen LogP contribution >= 0.6 is 0 Å². The Morgan fingerprint density at radius 3 is 2.47 bits per heavy atom. The maximum absolute atomic E-state index is 13.4. The van der Waals surface area contributed by atoms with E-state index in [-0.39, 0.29) is 17.3 Å². The zero-order valence-electron chi connectivity index (χ0n) is 23.0. The minimum absolute atomic E-state index is 0.193. The number of halogens is 1. The number of aromatic nitrogens is 1. The third kappa shape index (κ3) is 6.74. The van der Waals surface area contributed by atoms with Gasteiger partial charge in [0.05, 0.1) is 11.8 Å². The van der Waals surface area contributed by atoms with Gasteiger partial charge in [-0.3, -0.25) is 0 Å². The second-order valence-electron chi connectivity index (χ2n) is 11.6. The Morgan fingerprint density at radius 2 is 1.87 bits per heavy atom. The van der Waals surface area contributed by atoms with Gasteiger partial charge in [0, 0.05) is 24.0 Å². The zero-order chi connectivity index (χ0) is 27.4. The topological polar surface area (TPSA) is 85.0 Å². The maximum atomic E-state index is 13.4. The number of hydrogen-bond donors (Lipinski definition) is 1. The number of carboxylic acid groups (broad SMARTS) is 1. The molecule has 0 radical (unpaired) electrons. The number of amides is 1. The summed E-state index contributed by atoms with van der Waals surface area (Å²) in [5, 5.41) is 14.7. The number of carbonyl (C=O) groups is 1. The third-order valence-corrected chi connectivity index (χ3v) is 8.00. The van der Waals surface area contributed by atoms with Gasteiger partial charge in [-0.15, -0.1) is 0 Å². The lowest BCUT2D eigenvalue weighted by Crippen LogP contribution is -2.37. The molecule has 1 aromatic heterocycles. The summed E-state index contributed by atoms with van der Waals surface area (Å²) < 4.78 is 32.0. The molecule has 1 fully saturated rings. The minimum atomic E-state index is -1.41. The summed E-state index contributed by atoms with van der Waals surface area (Å²) in [4.78, 5) is 12.7. The van der Waals surface area contributed by atoms with Crippen LogP contribution in [0.2, 0.25) is 13.1 Å². The van der Waals surface area contributed by atoms with Crippen LogP contribution < -0.4 is 4.74 Å². The number of benzene rings is 2. The number of hydrogen-bond acceptors (Lipinski definition) is 5. The summed E-state index contributed by atoms with van der Waals surface area (Å²) in [6.07, 6.45) is 2.42. The first-order valence-electron chi connectivity index (χ1n) is 13.4. The van der Waals surface area contributed by atoms with Crippen molar-refractivity contribution in [2.45, 2.75) is 72.3 Å². The van der Waals surface area contributed by atoms with E-state index >= 15 is 0 Å². The highest BCUT2D eigenvalue weighted by molar-refractivity contribution is 6.48. The standard InChI is InChI=1S/C29H39FN2O5Si/c1-29(2,3)27(37-38(4)5)25-20(18-35-22-10-8-21(30)9-11-22)7-12-23-24(31-36-26(23)25)13-6-19-14-16-32(17-15-19)28(33)34/h7-12,19,27,38H,6,13-18H2,1-5H3,(H,33,34). The van der Waals surface area contributed by atoms with E-state index in [0.717, 1.165) is 53.5 Å². The number of piperidine rings is 1. The van der Waals surface area contributed by atoms with Gasteiger partial charge in [-0.2, -0.15) is 0 Å². The first-order chi connectivity index (χ1) is 18.0. The molecule has 1 N–H and O–H groups in total. The van der Waals surface area contributed by atoms with Crippen molar-refractivity contribution in [2.24, 2.45) is 11.3 Å². The van der Waals surface area contributed by atoms with Gasteiger partial charge in [0.1, 0.15) is 18.2 Å². The molecule has 4 rings (SSSR count). The van der Waals surface area contributed by atoms with E-state index in [1.807, 2.05) is 6.07 Å². The highest BCUT2D eigenvalue weighted by atomic mass is 28.3. The molecule has 3 aromatic rings. The third-order valence-electron chi connectivity index (χ3n) is 7.18. The molecule has 1 aliphatic rings. The van der Waals surface area contributed by atoms with Gasteiger partial charge >= 0.3 is 6.09 Å². The summed E-state index contributed by atoms with van der Waals surface area (Å²) in [5.41, 5.74) is 3.38. The van der Waals surface area contributed by atoms with Crippen molar-refractivity contribution < 1.29 is 28.0 Å². The summed E-state index contributed by atoms with van der Waals surface area (Å²) in [6.45, 7) is 12.3. The average molecular weight is 543 g/mol. The molecule has 1 atom stereocenters. The summed E-state index contributed by atoms with van der Waals surface area (Å²) in [6, 6.07) is 10.1. The van der Waals surface area contributed by atoms with Gasteiger partial charge in [-0.25, -0.2) is 9.18 Å². The number of likely N-dealkylation sites (tertiary alicyclic amines) is 1. The van der Waals surface area contributed by atoms with Gasteiger partial charge in [0.25, 0.3) is 0 Å². The molecular weight excluding hydrogens is 503 g/mol. The van der Waals surface area contributed by atoms with Gasteiger partial charge in [0.15, 0.2) is 14.6 Å². The van der Waals surface area contributed by atoms with Crippen LogP contribution in [0.15, 0.2) is 40.9 Å². The van der Waals surface area contributed by atoms with Crippen LogP contribution in [0.3, 0.4) is 0 Å². The first-order valence-corrected chi connectivity index (χ1v) is 16.2. The lowest BCUT2D eigenvalue weighted by atomic mass is 9.82. The van der Waals surface area contributed by atoms with Crippen molar-refractivity contribution in [2.75, 3.05) is 13.1 Å². The molecule has 1 aliphatic heterocycles. The Labute approximate surface area is 225 Å². The van der Waals surface area contributed by atoms with E-state index in [0.29, 0.717) is 31.4 Å². The lowest BCUT2D eigenvalue weighted by Gasteiger charge is -2.34. The van der Waals surface area contributed by atoms with Crippen LogP contribution in [0, 0.1) is 17.2 Å². The predicted octanol–water partition coefficient (Wildman–Crippen LogP) is 6.96. The van der Waals surface area contributed by atoms with Crippen LogP contribution in [0.25, 0.3) is 11.0 Å². The molecule has 1 unspecified atom stereocenters. The normalized spacial score (nSPS) is 15.8. The Morgan fingerprint density at radius 1 is 1.18 bits per heavy atom. The second-order valence-corrected chi connectivity index (χ2v) is 13.9. The van der Waals surface area contributed by atoms with E-state index in [4.69, 9.17) is 13.7 Å². The minimum Gasteiger partial charge on any atom is -0.489 e. The van der Waals surface area contributed by atoms with Crippen LogP contribution in [0.4, 0.5) is 9.18 Å². The van der Waals surface area contributed by atoms with Crippen LogP contribution in [0.5, 0.6) is 5.75 Å². The Balaban J connectivity index is 1.62. The second kappa shape index (κ2) is 11.9. The van der Waals surface area contributed by atoms with E-state index < -0.39 is 15.1 Å². The van der Waals surface area contributed by atoms with E-state index in [1.165, 1.54) is 17.0 Å². The zero-order valence-corrected chi connectivity index (χ0v) is 24.2. The number of rotatable bonds is 9. The largest absolute Gasteiger partial charge is 0.489 e. The van der Waals surface area contributed by atoms with Crippen molar-refractivity contribution in [1.82, 2.24) is 10.1 Å². The summed E-state index contributed by atoms with van der Waals surface area (Å²) in [7, 11) is -1.41. The molecular formula is C29H39FN2O5Si. The molecule has 7 nitrogen and oxygen atoms in total. The highest BCUT2D eigenvalue weighted by Crippen LogP contribution is 2.42. The van der Waals surface area contributed by atoms with Crippen molar-refractivity contribution in [3.05, 3.63) is 59.0 Å². The molecule has 1 saturated heterocycles. The molecule has 0 aliphatic carbocycles. The predicted molar refractivity (Wildman–Crippen MR) is 148 cm³/mol. The SMILES string of the molecule is C[SiH](C)OC(c1c(COc2ccc(F)cc2)ccc2c(CCC3CCN(C(=O)O)CC3)noc12)C(C)(C)C. The van der Waals surface area contributed by atoms with Gasteiger partial charge in [-0.05, 0) is 86.0 Å². The Bertz CT molecular complexity index is 1230. The Kier molecular flexibility index (Phi) is 8.77. The van der Waals surface area contributed by atoms with Gasteiger partial charge in [0.2, 0.25) is 0 Å². The fourth-order valence-corrected chi connectivity index (χ4v) is 6.22. The molecule has 38 heavy (non-hydrogen) atoms. The van der Waals surface area contributed by atoms with E-state index in [9.17, 15) is 14.3 Å². The lowest BCUT2D eigenvalue weighted by molar-refractivity contribution is 0.0848. The molecule has 2 heterocycles. The van der Waals surface area contributed by atoms with Crippen LogP contribution in [-0.4, -0.2) is 43.4 Å². The molecule has 2 aromatic carbocycles. The van der Waals surface area contributed by atoms with Gasteiger partial charge in [-0.1, -0.05) is 32.0 Å². The number of aryl methyl sites for hydroxylation is 1. The number of ether oxygens (including phenoxy) is 1. The van der Waals surface area contributed by atoms with Crippen LogP contribution in [0.1, 0.15) is 63.0 Å². The van der Waals surface area contributed by atoms with E-state index in [2.05, 4.69) is 45.1 Å². The molecule has 1 amide bonds. The number of nitrogens with zero attached hydrogens (tertiary/aromatic N) is 2. The first kappa shape index (κ1) is 28.1. The monoisotopic (exact) mass is 542 g/mol. The van der Waals surface area contributed by atoms with Crippen LogP contribution in [-0.2, 0) is 17.5 Å². The maximum Gasteiger partial charge on any atom is 0.407 e. The van der Waals surface area contributed by atoms with Crippen molar-refractivity contribution in [3.8, 4) is 5.75 Å². The highest BCUT2D eigenvalue weighted by Gasteiger charge is 2.33. The average Bonchev–Trinajstić information content (AvgIpc) is 3.28. The molecule has 206 valence electrons. The smallest absolute Gasteiger partial charge is 0.407 e. The number of fused-ring (bicyclic) bond motifs is 1. The van der Waals surface area contributed by atoms with Crippen molar-refractivity contribution >= 4 is 26.1 Å². The molecule has 0 spiro atoms. The van der Waals surface area contributed by atoms with Crippen molar-refractivity contribution in [1.29, 1.82) is 0 Å². The van der Waals surface area contributed by atoms with Gasteiger partial charge < -0.3 is 23.7 Å². The molecule has 0 bridgehead atoms. The Hall–Kier alpha value is -2.91. The quantitative estimate of drug-likeness (QED) is 0.294. The fourth-order valence-electron chi connectivity index (χ4n) is 5.13. The molecule has 9 heteroatoms. The summed E-state index contributed by atoms with van der Waals surface area (Å²) >= 11 is 0.